The molecule has 9 heteroatoms. The minimum Gasteiger partial charge on any atom is -0.497 e. The maximum atomic E-state index is 13.6. The molecule has 1 N–H and O–H groups in total. The van der Waals surface area contributed by atoms with Crippen LogP contribution >= 0.6 is 23.4 Å². The molecule has 7 nitrogen and oxygen atoms in total. The molecule has 0 saturated carbocycles. The van der Waals surface area contributed by atoms with E-state index in [9.17, 15) is 14.9 Å². The fourth-order valence-electron chi connectivity index (χ4n) is 3.72. The standard InChI is InChI=1S/C27H22ClN3O4S/c1-34-20-13-11-19(12-14-20)31-26(33)24(15-17-7-9-18(28)10-8-17)36-27(31)21(16-29)25(32)30-22-5-3-4-6-23(22)35-2/h3-14,24H,15H2,1-2H3,(H,30,32)/b27-21-. The number of para-hydroxylation sites is 2. The number of ether oxygens (including phenoxy) is 2. The topological polar surface area (TPSA) is 91.7 Å². The summed E-state index contributed by atoms with van der Waals surface area (Å²) >= 11 is 7.19. The monoisotopic (exact) mass is 519 g/mol. The van der Waals surface area contributed by atoms with Crippen molar-refractivity contribution in [1.82, 2.24) is 0 Å². The molecule has 0 bridgehead atoms. The molecule has 1 fully saturated rings. The van der Waals surface area contributed by atoms with Crippen molar-refractivity contribution in [1.29, 1.82) is 5.26 Å². The first kappa shape index (κ1) is 25.2. The van der Waals surface area contributed by atoms with Crippen molar-refractivity contribution in [2.75, 3.05) is 24.4 Å². The van der Waals surface area contributed by atoms with E-state index in [0.717, 1.165) is 5.56 Å². The van der Waals surface area contributed by atoms with Gasteiger partial charge in [0, 0.05) is 10.7 Å². The van der Waals surface area contributed by atoms with Crippen molar-refractivity contribution in [2.24, 2.45) is 0 Å². The quantitative estimate of drug-likeness (QED) is 0.331. The molecule has 1 aliphatic rings. The van der Waals surface area contributed by atoms with Crippen molar-refractivity contribution < 1.29 is 19.1 Å². The van der Waals surface area contributed by atoms with Gasteiger partial charge in [0.25, 0.3) is 5.91 Å². The van der Waals surface area contributed by atoms with Crippen molar-refractivity contribution in [3.05, 3.63) is 94.0 Å². The van der Waals surface area contributed by atoms with E-state index < -0.39 is 11.2 Å². The fourth-order valence-corrected chi connectivity index (χ4v) is 5.15. The maximum absolute atomic E-state index is 13.6. The highest BCUT2D eigenvalue weighted by Crippen LogP contribution is 2.42. The number of amides is 2. The third kappa shape index (κ3) is 5.33. The second kappa shape index (κ2) is 11.2. The number of nitrogens with zero attached hydrogens (tertiary/aromatic N) is 2. The van der Waals surface area contributed by atoms with Crippen LogP contribution in [0.25, 0.3) is 0 Å². The summed E-state index contributed by atoms with van der Waals surface area (Å²) in [7, 11) is 3.04. The highest BCUT2D eigenvalue weighted by Gasteiger charge is 2.41. The normalized spacial score (nSPS) is 16.3. The predicted molar refractivity (Wildman–Crippen MR) is 141 cm³/mol. The first-order valence-corrected chi connectivity index (χ1v) is 12.2. The minimum absolute atomic E-state index is 0.173. The average molecular weight is 520 g/mol. The number of rotatable bonds is 7. The van der Waals surface area contributed by atoms with E-state index in [-0.39, 0.29) is 16.5 Å². The van der Waals surface area contributed by atoms with Gasteiger partial charge in [-0.2, -0.15) is 5.26 Å². The Balaban J connectivity index is 1.73. The van der Waals surface area contributed by atoms with Gasteiger partial charge >= 0.3 is 0 Å². The highest BCUT2D eigenvalue weighted by molar-refractivity contribution is 8.05. The van der Waals surface area contributed by atoms with Gasteiger partial charge in [-0.05, 0) is 60.5 Å². The molecule has 0 aromatic heterocycles. The summed E-state index contributed by atoms with van der Waals surface area (Å²) in [5.74, 6) is 0.211. The van der Waals surface area contributed by atoms with Crippen LogP contribution in [-0.4, -0.2) is 31.3 Å². The van der Waals surface area contributed by atoms with Crippen molar-refractivity contribution in [2.45, 2.75) is 11.7 Å². The third-order valence-electron chi connectivity index (χ3n) is 5.53. The zero-order valence-corrected chi connectivity index (χ0v) is 21.1. The lowest BCUT2D eigenvalue weighted by Crippen LogP contribution is -2.30. The Morgan fingerprint density at radius 1 is 1.06 bits per heavy atom. The summed E-state index contributed by atoms with van der Waals surface area (Å²) in [6.07, 6.45) is 0.406. The van der Waals surface area contributed by atoms with E-state index >= 15 is 0 Å². The summed E-state index contributed by atoms with van der Waals surface area (Å²) in [4.78, 5) is 28.3. The number of hydrogen-bond acceptors (Lipinski definition) is 6. The van der Waals surface area contributed by atoms with E-state index in [1.165, 1.54) is 23.8 Å². The predicted octanol–water partition coefficient (Wildman–Crippen LogP) is 5.42. The summed E-state index contributed by atoms with van der Waals surface area (Å²) in [6, 6.07) is 23.0. The Labute approximate surface area is 218 Å². The SMILES string of the molecule is COc1ccc(N2C(=O)C(Cc3ccc(Cl)cc3)S/C2=C(/C#N)C(=O)Nc2ccccc2OC)cc1. The molecule has 1 heterocycles. The number of hydrogen-bond donors (Lipinski definition) is 1. The van der Waals surface area contributed by atoms with E-state index in [0.29, 0.717) is 34.3 Å². The lowest BCUT2D eigenvalue weighted by atomic mass is 10.1. The van der Waals surface area contributed by atoms with Crippen LogP contribution in [0.2, 0.25) is 5.02 Å². The van der Waals surface area contributed by atoms with Crippen molar-refractivity contribution in [3.8, 4) is 17.6 Å². The van der Waals surface area contributed by atoms with Crippen LogP contribution in [0.1, 0.15) is 5.56 Å². The number of anilines is 2. The van der Waals surface area contributed by atoms with Crippen LogP contribution in [-0.2, 0) is 16.0 Å². The Morgan fingerprint density at radius 3 is 2.39 bits per heavy atom. The summed E-state index contributed by atoms with van der Waals surface area (Å²) < 4.78 is 10.5. The van der Waals surface area contributed by atoms with Crippen LogP contribution in [0.3, 0.4) is 0 Å². The Bertz CT molecular complexity index is 1350. The fraction of sp³-hybridized carbons (Fsp3) is 0.148. The van der Waals surface area contributed by atoms with Crippen LogP contribution in [0.4, 0.5) is 11.4 Å². The molecule has 4 rings (SSSR count). The first-order chi connectivity index (χ1) is 17.4. The molecular formula is C27H22ClN3O4S. The molecule has 182 valence electrons. The van der Waals surface area contributed by atoms with E-state index in [1.807, 2.05) is 18.2 Å². The number of carbonyl (C=O) groups excluding carboxylic acids is 2. The molecule has 1 unspecified atom stereocenters. The van der Waals surface area contributed by atoms with Crippen molar-refractivity contribution in [3.63, 3.8) is 0 Å². The number of nitriles is 1. The van der Waals surface area contributed by atoms with Gasteiger partial charge in [0.15, 0.2) is 0 Å². The van der Waals surface area contributed by atoms with E-state index in [1.54, 1.807) is 67.8 Å². The lowest BCUT2D eigenvalue weighted by Gasteiger charge is -2.19. The number of benzene rings is 3. The summed E-state index contributed by atoms with van der Waals surface area (Å²) in [5, 5.41) is 13.1. The number of halogens is 1. The number of thioether (sulfide) groups is 1. The van der Waals surface area contributed by atoms with Gasteiger partial charge in [-0.15, -0.1) is 0 Å². The summed E-state index contributed by atoms with van der Waals surface area (Å²) in [5.41, 5.74) is 1.69. The molecule has 0 aliphatic carbocycles. The zero-order chi connectivity index (χ0) is 25.7. The van der Waals surface area contributed by atoms with Crippen molar-refractivity contribution >= 4 is 46.6 Å². The largest absolute Gasteiger partial charge is 0.497 e. The van der Waals surface area contributed by atoms with Gasteiger partial charge in [0.1, 0.15) is 28.2 Å². The molecule has 1 atom stereocenters. The zero-order valence-electron chi connectivity index (χ0n) is 19.5. The molecular weight excluding hydrogens is 498 g/mol. The summed E-state index contributed by atoms with van der Waals surface area (Å²) in [6.45, 7) is 0. The highest BCUT2D eigenvalue weighted by atomic mass is 35.5. The molecule has 2 amide bonds. The van der Waals surface area contributed by atoms with E-state index in [2.05, 4.69) is 5.32 Å². The maximum Gasteiger partial charge on any atom is 0.269 e. The second-order valence-corrected chi connectivity index (χ2v) is 9.38. The Hall–Kier alpha value is -3.93. The Morgan fingerprint density at radius 2 is 1.75 bits per heavy atom. The molecule has 36 heavy (non-hydrogen) atoms. The number of methoxy groups -OCH3 is 2. The van der Waals surface area contributed by atoms with Crippen LogP contribution in [0, 0.1) is 11.3 Å². The Kier molecular flexibility index (Phi) is 7.84. The molecule has 1 saturated heterocycles. The first-order valence-electron chi connectivity index (χ1n) is 10.9. The second-order valence-electron chi connectivity index (χ2n) is 7.76. The van der Waals surface area contributed by atoms with E-state index in [4.69, 9.17) is 21.1 Å². The number of nitrogens with one attached hydrogen (secondary N) is 1. The molecule has 0 radical (unpaired) electrons. The smallest absolute Gasteiger partial charge is 0.269 e. The van der Waals surface area contributed by atoms with Gasteiger partial charge in [-0.3, -0.25) is 14.5 Å². The third-order valence-corrected chi connectivity index (χ3v) is 7.04. The molecule has 0 spiro atoms. The lowest BCUT2D eigenvalue weighted by molar-refractivity contribution is -0.117. The molecule has 3 aromatic carbocycles. The molecule has 1 aliphatic heterocycles. The van der Waals surface area contributed by atoms with Gasteiger partial charge in [-0.1, -0.05) is 47.6 Å². The van der Waals surface area contributed by atoms with Crippen LogP contribution in [0.5, 0.6) is 11.5 Å². The van der Waals surface area contributed by atoms with Crippen LogP contribution in [0.15, 0.2) is 83.4 Å². The molecule has 3 aromatic rings. The van der Waals surface area contributed by atoms with Gasteiger partial charge in [0.05, 0.1) is 25.2 Å². The van der Waals surface area contributed by atoms with Gasteiger partial charge in [-0.25, -0.2) is 0 Å². The van der Waals surface area contributed by atoms with Gasteiger partial charge < -0.3 is 14.8 Å². The van der Waals surface area contributed by atoms with Gasteiger partial charge in [0.2, 0.25) is 5.91 Å². The van der Waals surface area contributed by atoms with Crippen LogP contribution < -0.4 is 19.7 Å². The minimum atomic E-state index is -0.636. The number of carbonyl (C=O) groups is 2. The average Bonchev–Trinajstić information content (AvgIpc) is 3.21.